The van der Waals surface area contributed by atoms with Crippen molar-refractivity contribution in [1.82, 2.24) is 0 Å². The molecule has 0 fully saturated rings. The fourth-order valence-corrected chi connectivity index (χ4v) is 3.24. The molecule has 0 N–H and O–H groups in total. The summed E-state index contributed by atoms with van der Waals surface area (Å²) in [5, 5.41) is 2.69. The van der Waals surface area contributed by atoms with Crippen LogP contribution in [-0.2, 0) is 0 Å². The molecule has 0 amide bonds. The third-order valence-corrected chi connectivity index (χ3v) is 4.19. The third kappa shape index (κ3) is 1.49. The van der Waals surface area contributed by atoms with Crippen molar-refractivity contribution in [3.63, 3.8) is 0 Å². The molecule has 1 nitrogen and oxygen atoms in total. The first-order valence-corrected chi connectivity index (χ1v) is 6.37. The van der Waals surface area contributed by atoms with Crippen LogP contribution in [0.25, 0.3) is 0 Å². The minimum Gasteiger partial charge on any atom is -0.294 e. The van der Waals surface area contributed by atoms with E-state index >= 15 is 0 Å². The summed E-state index contributed by atoms with van der Waals surface area (Å²) in [6, 6.07) is 9.74. The molecule has 80 valence electrons. The number of fused-ring (bicyclic) bond motifs is 1. The summed E-state index contributed by atoms with van der Waals surface area (Å²) in [4.78, 5) is 13.1. The molecule has 3 heteroatoms. The number of Topliss-reactive ketones (excluding diaryl/α,β-unsaturated/α-hetero) is 1. The van der Waals surface area contributed by atoms with Gasteiger partial charge >= 0.3 is 0 Å². The average Bonchev–Trinajstić information content (AvgIpc) is 2.87. The zero-order chi connectivity index (χ0) is 11.1. The highest BCUT2D eigenvalue weighted by molar-refractivity contribution is 7.10. The molecule has 1 aliphatic carbocycles. The number of hydrogen-bond donors (Lipinski definition) is 0. The van der Waals surface area contributed by atoms with Crippen LogP contribution >= 0.6 is 22.9 Å². The lowest BCUT2D eigenvalue weighted by molar-refractivity contribution is 0.0991. The van der Waals surface area contributed by atoms with Gasteiger partial charge in [0.15, 0.2) is 5.78 Å². The van der Waals surface area contributed by atoms with Crippen molar-refractivity contribution in [2.75, 3.05) is 0 Å². The normalized spacial score (nSPS) is 18.8. The van der Waals surface area contributed by atoms with Crippen molar-refractivity contribution < 1.29 is 4.79 Å². The van der Waals surface area contributed by atoms with Crippen molar-refractivity contribution in [2.24, 2.45) is 0 Å². The summed E-state index contributed by atoms with van der Waals surface area (Å²) in [6.07, 6.45) is 0.580. The van der Waals surface area contributed by atoms with Gasteiger partial charge in [0.25, 0.3) is 0 Å². The zero-order valence-corrected chi connectivity index (χ0v) is 10.0. The highest BCUT2D eigenvalue weighted by Gasteiger charge is 2.30. The van der Waals surface area contributed by atoms with E-state index in [-0.39, 0.29) is 11.7 Å². The van der Waals surface area contributed by atoms with Crippen molar-refractivity contribution in [3.05, 3.63) is 56.7 Å². The number of thiophene rings is 1. The van der Waals surface area contributed by atoms with E-state index in [9.17, 15) is 4.79 Å². The van der Waals surface area contributed by atoms with Crippen molar-refractivity contribution in [1.29, 1.82) is 0 Å². The Morgan fingerprint density at radius 2 is 2.19 bits per heavy atom. The number of carbonyl (C=O) groups excluding carboxylic acids is 1. The van der Waals surface area contributed by atoms with Crippen LogP contribution in [0.5, 0.6) is 0 Å². The maximum Gasteiger partial charge on any atom is 0.164 e. The Bertz CT molecular complexity index is 545. The number of rotatable bonds is 1. The molecule has 0 bridgehead atoms. The Morgan fingerprint density at radius 1 is 1.31 bits per heavy atom. The van der Waals surface area contributed by atoms with Gasteiger partial charge in [0.1, 0.15) is 0 Å². The SMILES string of the molecule is O=C1C[C@H](c2cccs2)c2ccc(Cl)cc21. The van der Waals surface area contributed by atoms with Gasteiger partial charge in [0.05, 0.1) is 0 Å². The van der Waals surface area contributed by atoms with Gasteiger partial charge in [0, 0.05) is 27.8 Å². The summed E-state index contributed by atoms with van der Waals surface area (Å²) in [6.45, 7) is 0. The fraction of sp³-hybridized carbons (Fsp3) is 0.154. The highest BCUT2D eigenvalue weighted by Crippen LogP contribution is 2.40. The highest BCUT2D eigenvalue weighted by atomic mass is 35.5. The van der Waals surface area contributed by atoms with Gasteiger partial charge in [-0.1, -0.05) is 23.7 Å². The third-order valence-electron chi connectivity index (χ3n) is 2.97. The molecule has 16 heavy (non-hydrogen) atoms. The van der Waals surface area contributed by atoms with Crippen LogP contribution in [0.15, 0.2) is 35.7 Å². The summed E-state index contributed by atoms with van der Waals surface area (Å²) in [7, 11) is 0. The van der Waals surface area contributed by atoms with Crippen LogP contribution in [0, 0.1) is 0 Å². The molecule has 1 heterocycles. The Morgan fingerprint density at radius 3 is 2.94 bits per heavy atom. The number of ketones is 1. The molecule has 3 rings (SSSR count). The van der Waals surface area contributed by atoms with E-state index in [1.54, 1.807) is 17.4 Å². The maximum absolute atomic E-state index is 11.9. The fourth-order valence-electron chi connectivity index (χ4n) is 2.22. The Kier molecular flexibility index (Phi) is 2.34. The van der Waals surface area contributed by atoms with E-state index in [2.05, 4.69) is 6.07 Å². The summed E-state index contributed by atoms with van der Waals surface area (Å²) in [5.74, 6) is 0.440. The number of carbonyl (C=O) groups is 1. The lowest BCUT2D eigenvalue weighted by atomic mass is 10.00. The van der Waals surface area contributed by atoms with Gasteiger partial charge < -0.3 is 0 Å². The second kappa shape index (κ2) is 3.72. The number of halogens is 1. The Hall–Kier alpha value is -1.12. The van der Waals surface area contributed by atoms with E-state index in [0.29, 0.717) is 11.4 Å². The number of hydrogen-bond acceptors (Lipinski definition) is 2. The first-order valence-electron chi connectivity index (χ1n) is 5.12. The van der Waals surface area contributed by atoms with E-state index in [1.807, 2.05) is 23.6 Å². The summed E-state index contributed by atoms with van der Waals surface area (Å²) in [5.41, 5.74) is 1.92. The van der Waals surface area contributed by atoms with Crippen LogP contribution in [0.1, 0.15) is 33.1 Å². The van der Waals surface area contributed by atoms with Crippen LogP contribution < -0.4 is 0 Å². The van der Waals surface area contributed by atoms with E-state index in [4.69, 9.17) is 11.6 Å². The molecule has 0 saturated heterocycles. The molecule has 0 saturated carbocycles. The molecule has 2 aromatic rings. The second-order valence-corrected chi connectivity index (χ2v) is 5.34. The van der Waals surface area contributed by atoms with Gasteiger partial charge in [-0.3, -0.25) is 4.79 Å². The Labute approximate surface area is 103 Å². The van der Waals surface area contributed by atoms with Gasteiger partial charge in [-0.05, 0) is 29.1 Å². The topological polar surface area (TPSA) is 17.1 Å². The van der Waals surface area contributed by atoms with E-state index < -0.39 is 0 Å². The smallest absolute Gasteiger partial charge is 0.164 e. The van der Waals surface area contributed by atoms with E-state index in [0.717, 1.165) is 11.1 Å². The predicted molar refractivity (Wildman–Crippen MR) is 66.6 cm³/mol. The van der Waals surface area contributed by atoms with Crippen LogP contribution in [0.2, 0.25) is 5.02 Å². The molecule has 1 aliphatic rings. The van der Waals surface area contributed by atoms with Gasteiger partial charge in [-0.2, -0.15) is 0 Å². The first kappa shape index (κ1) is 10.1. The minimum atomic E-state index is 0.205. The molecule has 0 radical (unpaired) electrons. The molecule has 0 unspecified atom stereocenters. The van der Waals surface area contributed by atoms with Crippen LogP contribution in [0.4, 0.5) is 0 Å². The molecular weight excluding hydrogens is 240 g/mol. The van der Waals surface area contributed by atoms with Gasteiger partial charge in [0.2, 0.25) is 0 Å². The molecule has 0 spiro atoms. The van der Waals surface area contributed by atoms with Crippen LogP contribution in [-0.4, -0.2) is 5.78 Å². The predicted octanol–water partition coefficient (Wildman–Crippen LogP) is 4.12. The maximum atomic E-state index is 11.9. The van der Waals surface area contributed by atoms with Gasteiger partial charge in [-0.15, -0.1) is 11.3 Å². The number of benzene rings is 1. The molecule has 1 atom stereocenters. The summed E-state index contributed by atoms with van der Waals surface area (Å²) >= 11 is 7.62. The largest absolute Gasteiger partial charge is 0.294 e. The van der Waals surface area contributed by atoms with Crippen molar-refractivity contribution >= 4 is 28.7 Å². The first-order chi connectivity index (χ1) is 7.75. The lowest BCUT2D eigenvalue weighted by Gasteiger charge is -2.07. The molecule has 0 aliphatic heterocycles. The zero-order valence-electron chi connectivity index (χ0n) is 8.44. The molecular formula is C13H9ClOS. The average molecular weight is 249 g/mol. The summed E-state index contributed by atoms with van der Waals surface area (Å²) < 4.78 is 0. The standard InChI is InChI=1S/C13H9ClOS/c14-8-3-4-9-10(6-8)12(15)7-11(9)13-2-1-5-16-13/h1-6,11H,7H2/t11-/m0/s1. The quantitative estimate of drug-likeness (QED) is 0.742. The van der Waals surface area contributed by atoms with Crippen LogP contribution in [0.3, 0.4) is 0 Å². The second-order valence-electron chi connectivity index (χ2n) is 3.93. The van der Waals surface area contributed by atoms with Gasteiger partial charge in [-0.25, -0.2) is 0 Å². The Balaban J connectivity index is 2.13. The lowest BCUT2D eigenvalue weighted by Crippen LogP contribution is -1.93. The minimum absolute atomic E-state index is 0.205. The molecule has 1 aromatic heterocycles. The van der Waals surface area contributed by atoms with Crippen molar-refractivity contribution in [3.8, 4) is 0 Å². The monoisotopic (exact) mass is 248 g/mol. The van der Waals surface area contributed by atoms with E-state index in [1.165, 1.54) is 4.88 Å². The molecule has 1 aromatic carbocycles. The van der Waals surface area contributed by atoms with Crippen molar-refractivity contribution in [2.45, 2.75) is 12.3 Å².